The second-order valence-corrected chi connectivity index (χ2v) is 4.99. The van der Waals surface area contributed by atoms with Crippen LogP contribution in [-0.4, -0.2) is 17.7 Å². The number of nitrogens with one attached hydrogen (secondary N) is 1. The van der Waals surface area contributed by atoms with Gasteiger partial charge in [-0.25, -0.2) is 0 Å². The maximum Gasteiger partial charge on any atom is 0.0943 e. The quantitative estimate of drug-likeness (QED) is 0.856. The van der Waals surface area contributed by atoms with Crippen molar-refractivity contribution in [2.24, 2.45) is 0 Å². The van der Waals surface area contributed by atoms with E-state index in [9.17, 15) is 5.11 Å². The Hall–Kier alpha value is -0.280. The van der Waals surface area contributed by atoms with Crippen molar-refractivity contribution in [2.45, 2.75) is 31.4 Å². The summed E-state index contributed by atoms with van der Waals surface area (Å²) in [7, 11) is 0. The second-order valence-electron chi connectivity index (χ2n) is 4.17. The van der Waals surface area contributed by atoms with E-state index in [0.717, 1.165) is 24.9 Å². The summed E-state index contributed by atoms with van der Waals surface area (Å²) in [4.78, 5) is 0. The smallest absolute Gasteiger partial charge is 0.0943 e. The van der Waals surface area contributed by atoms with Crippen LogP contribution in [0.4, 0.5) is 0 Å². The first-order chi connectivity index (χ1) is 7.68. The fourth-order valence-corrected chi connectivity index (χ4v) is 2.38. The molecule has 1 heterocycles. The van der Waals surface area contributed by atoms with Crippen LogP contribution in [0, 0.1) is 0 Å². The highest BCUT2D eigenvalue weighted by Gasteiger charge is 2.22. The van der Waals surface area contributed by atoms with Gasteiger partial charge in [0.25, 0.3) is 0 Å². The van der Waals surface area contributed by atoms with E-state index in [4.69, 9.17) is 23.2 Å². The second kappa shape index (κ2) is 5.37. The van der Waals surface area contributed by atoms with Crippen LogP contribution < -0.4 is 5.32 Å². The van der Waals surface area contributed by atoms with Crippen LogP contribution in [0.1, 0.15) is 30.9 Å². The molecule has 88 valence electrons. The molecule has 0 amide bonds. The molecule has 1 aromatic rings. The molecule has 0 spiro atoms. The van der Waals surface area contributed by atoms with Crippen molar-refractivity contribution in [1.29, 1.82) is 0 Å². The number of piperidine rings is 1. The first-order valence-electron chi connectivity index (χ1n) is 5.55. The van der Waals surface area contributed by atoms with Gasteiger partial charge in [-0.05, 0) is 37.1 Å². The minimum atomic E-state index is -0.505. The predicted molar refractivity (Wildman–Crippen MR) is 67.1 cm³/mol. The summed E-state index contributed by atoms with van der Waals surface area (Å²) in [5.41, 5.74) is 0.828. The third kappa shape index (κ3) is 2.69. The average Bonchev–Trinajstić information content (AvgIpc) is 2.33. The number of halogens is 2. The molecule has 0 radical (unpaired) electrons. The zero-order valence-corrected chi connectivity index (χ0v) is 10.4. The van der Waals surface area contributed by atoms with Gasteiger partial charge >= 0.3 is 0 Å². The largest absolute Gasteiger partial charge is 0.387 e. The molecule has 1 aliphatic heterocycles. The molecule has 1 aromatic carbocycles. The number of hydrogen-bond acceptors (Lipinski definition) is 2. The zero-order valence-electron chi connectivity index (χ0n) is 8.92. The first-order valence-corrected chi connectivity index (χ1v) is 6.30. The molecule has 0 aliphatic carbocycles. The Morgan fingerprint density at radius 3 is 2.69 bits per heavy atom. The van der Waals surface area contributed by atoms with Crippen LogP contribution >= 0.6 is 23.2 Å². The van der Waals surface area contributed by atoms with E-state index in [2.05, 4.69) is 5.32 Å². The molecule has 2 nitrogen and oxygen atoms in total. The Balaban J connectivity index is 2.12. The summed E-state index contributed by atoms with van der Waals surface area (Å²) >= 11 is 11.8. The molecule has 0 aromatic heterocycles. The maximum absolute atomic E-state index is 10.2. The molecule has 2 unspecified atom stereocenters. The van der Waals surface area contributed by atoms with Gasteiger partial charge in [0.15, 0.2) is 0 Å². The van der Waals surface area contributed by atoms with Crippen molar-refractivity contribution in [1.82, 2.24) is 5.32 Å². The van der Waals surface area contributed by atoms with Gasteiger partial charge < -0.3 is 10.4 Å². The minimum absolute atomic E-state index is 0.131. The van der Waals surface area contributed by atoms with Crippen molar-refractivity contribution < 1.29 is 5.11 Å². The molecule has 2 atom stereocenters. The molecule has 1 fully saturated rings. The Morgan fingerprint density at radius 2 is 2.06 bits per heavy atom. The molecule has 16 heavy (non-hydrogen) atoms. The van der Waals surface area contributed by atoms with Gasteiger partial charge in [0.1, 0.15) is 0 Å². The van der Waals surface area contributed by atoms with Crippen LogP contribution in [0.2, 0.25) is 10.0 Å². The molecule has 0 bridgehead atoms. The van der Waals surface area contributed by atoms with Crippen molar-refractivity contribution in [2.75, 3.05) is 6.54 Å². The number of aliphatic hydroxyl groups excluding tert-OH is 1. The van der Waals surface area contributed by atoms with Crippen molar-refractivity contribution in [3.8, 4) is 0 Å². The van der Waals surface area contributed by atoms with Crippen LogP contribution in [0.25, 0.3) is 0 Å². The van der Waals surface area contributed by atoms with E-state index < -0.39 is 6.10 Å². The van der Waals surface area contributed by atoms with Gasteiger partial charge in [0.05, 0.1) is 16.1 Å². The van der Waals surface area contributed by atoms with Gasteiger partial charge in [0, 0.05) is 6.04 Å². The van der Waals surface area contributed by atoms with Gasteiger partial charge in [-0.15, -0.1) is 0 Å². The highest BCUT2D eigenvalue weighted by molar-refractivity contribution is 6.42. The fourth-order valence-electron chi connectivity index (χ4n) is 2.08. The van der Waals surface area contributed by atoms with Crippen LogP contribution in [0.3, 0.4) is 0 Å². The van der Waals surface area contributed by atoms with Gasteiger partial charge in [-0.3, -0.25) is 0 Å². The lowest BCUT2D eigenvalue weighted by Crippen LogP contribution is -2.38. The number of hydrogen-bond donors (Lipinski definition) is 2. The van der Waals surface area contributed by atoms with E-state index in [0.29, 0.717) is 10.0 Å². The third-order valence-corrected chi connectivity index (χ3v) is 3.75. The summed E-state index contributed by atoms with van der Waals surface area (Å²) in [6.07, 6.45) is 2.84. The van der Waals surface area contributed by atoms with Crippen molar-refractivity contribution in [3.63, 3.8) is 0 Å². The van der Waals surface area contributed by atoms with E-state index >= 15 is 0 Å². The molecule has 1 aliphatic rings. The lowest BCUT2D eigenvalue weighted by atomic mass is 9.95. The molecular weight excluding hydrogens is 245 g/mol. The third-order valence-electron chi connectivity index (χ3n) is 3.01. The summed E-state index contributed by atoms with van der Waals surface area (Å²) < 4.78 is 0. The number of rotatable bonds is 2. The zero-order chi connectivity index (χ0) is 11.5. The summed E-state index contributed by atoms with van der Waals surface area (Å²) in [5, 5.41) is 14.5. The SMILES string of the molecule is OC(c1ccc(Cl)c(Cl)c1)C1CCCCN1. The van der Waals surface area contributed by atoms with Crippen LogP contribution in [0.5, 0.6) is 0 Å². The Morgan fingerprint density at radius 1 is 1.25 bits per heavy atom. The van der Waals surface area contributed by atoms with Crippen molar-refractivity contribution >= 4 is 23.2 Å². The monoisotopic (exact) mass is 259 g/mol. The van der Waals surface area contributed by atoms with Gasteiger partial charge in [0.2, 0.25) is 0 Å². The lowest BCUT2D eigenvalue weighted by molar-refractivity contribution is 0.114. The number of benzene rings is 1. The summed E-state index contributed by atoms with van der Waals surface area (Å²) in [6.45, 7) is 0.975. The van der Waals surface area contributed by atoms with Crippen molar-refractivity contribution in [3.05, 3.63) is 33.8 Å². The minimum Gasteiger partial charge on any atom is -0.387 e. The number of aliphatic hydroxyl groups is 1. The van der Waals surface area contributed by atoms with E-state index in [1.165, 1.54) is 6.42 Å². The molecule has 2 N–H and O–H groups in total. The average molecular weight is 260 g/mol. The van der Waals surface area contributed by atoms with E-state index in [1.807, 2.05) is 6.07 Å². The highest BCUT2D eigenvalue weighted by Crippen LogP contribution is 2.28. The van der Waals surface area contributed by atoms with Crippen LogP contribution in [0.15, 0.2) is 18.2 Å². The Bertz CT molecular complexity index is 364. The normalized spacial score (nSPS) is 23.1. The Labute approximate surface area is 106 Å². The maximum atomic E-state index is 10.2. The standard InChI is InChI=1S/C12H15Cl2NO/c13-9-5-4-8(7-10(9)14)12(16)11-3-1-2-6-15-11/h4-5,7,11-12,15-16H,1-3,6H2. The molecule has 1 saturated heterocycles. The fraction of sp³-hybridized carbons (Fsp3) is 0.500. The Kier molecular flexibility index (Phi) is 4.09. The topological polar surface area (TPSA) is 32.3 Å². The van der Waals surface area contributed by atoms with Crippen LogP contribution in [-0.2, 0) is 0 Å². The summed E-state index contributed by atoms with van der Waals surface area (Å²) in [5.74, 6) is 0. The lowest BCUT2D eigenvalue weighted by Gasteiger charge is -2.28. The van der Waals surface area contributed by atoms with E-state index in [-0.39, 0.29) is 6.04 Å². The predicted octanol–water partition coefficient (Wildman–Crippen LogP) is 3.17. The first kappa shape index (κ1) is 12.2. The summed E-state index contributed by atoms with van der Waals surface area (Å²) in [6, 6.07) is 5.43. The highest BCUT2D eigenvalue weighted by atomic mass is 35.5. The van der Waals surface area contributed by atoms with Gasteiger partial charge in [-0.2, -0.15) is 0 Å². The molecule has 4 heteroatoms. The van der Waals surface area contributed by atoms with Gasteiger partial charge in [-0.1, -0.05) is 35.7 Å². The molecular formula is C12H15Cl2NO. The molecule has 0 saturated carbocycles. The molecule has 2 rings (SSSR count). The van der Waals surface area contributed by atoms with E-state index in [1.54, 1.807) is 12.1 Å².